The molecule has 1 aromatic rings. The number of piperazine rings is 1. The first-order chi connectivity index (χ1) is 9.02. The number of hydrogen-bond donors (Lipinski definition) is 2. The molecule has 0 saturated carbocycles. The second-order valence-electron chi connectivity index (χ2n) is 4.20. The summed E-state index contributed by atoms with van der Waals surface area (Å²) in [4.78, 5) is 18.5. The molecule has 2 rings (SSSR count). The molecule has 1 saturated heterocycles. The normalized spacial score (nSPS) is 18.6. The highest BCUT2D eigenvalue weighted by Crippen LogP contribution is 2.30. The molecule has 1 aromatic heterocycles. The first kappa shape index (κ1) is 15.1. The summed E-state index contributed by atoms with van der Waals surface area (Å²) in [7, 11) is 0.315. The maximum absolute atomic E-state index is 12.3. The third kappa shape index (κ3) is 3.41. The predicted molar refractivity (Wildman–Crippen MR) is 76.8 cm³/mol. The molecule has 2 heterocycles. The Balaban J connectivity index is 2.13. The van der Waals surface area contributed by atoms with Gasteiger partial charge in [-0.05, 0) is 29.0 Å². The van der Waals surface area contributed by atoms with Gasteiger partial charge < -0.3 is 15.0 Å². The van der Waals surface area contributed by atoms with E-state index in [1.807, 2.05) is 7.05 Å². The van der Waals surface area contributed by atoms with Gasteiger partial charge in [-0.2, -0.15) is 0 Å². The van der Waals surface area contributed by atoms with E-state index in [1.54, 1.807) is 15.9 Å². The quantitative estimate of drug-likeness (QED) is 0.778. The first-order valence-electron chi connectivity index (χ1n) is 5.61. The Morgan fingerprint density at radius 2 is 2.11 bits per heavy atom. The number of thiophene rings is 1. The second kappa shape index (κ2) is 6.42. The monoisotopic (exact) mass is 367 g/mol. The van der Waals surface area contributed by atoms with E-state index in [1.165, 1.54) is 0 Å². The van der Waals surface area contributed by atoms with Crippen LogP contribution in [0.3, 0.4) is 0 Å². The molecule has 1 fully saturated rings. The van der Waals surface area contributed by atoms with Gasteiger partial charge in [-0.1, -0.05) is 0 Å². The standard InChI is InChI=1S/C10H14BrN3O3S2/c1-13-2-4-14(5-3-13)9(15)8-6-7(11)10(18-8)19(17)12-16/h6,12,16H,2-5H2,1H3. The van der Waals surface area contributed by atoms with Crippen molar-refractivity contribution in [3.8, 4) is 0 Å². The number of halogens is 1. The van der Waals surface area contributed by atoms with E-state index in [0.717, 1.165) is 24.4 Å². The number of nitrogens with one attached hydrogen (secondary N) is 1. The molecule has 1 atom stereocenters. The van der Waals surface area contributed by atoms with Crippen LogP contribution in [0.1, 0.15) is 9.67 Å². The van der Waals surface area contributed by atoms with Crippen molar-refractivity contribution in [1.29, 1.82) is 0 Å². The van der Waals surface area contributed by atoms with Gasteiger partial charge in [0.05, 0.1) is 4.88 Å². The van der Waals surface area contributed by atoms with Crippen molar-refractivity contribution in [3.63, 3.8) is 0 Å². The lowest BCUT2D eigenvalue weighted by Crippen LogP contribution is -2.46. The lowest BCUT2D eigenvalue weighted by molar-refractivity contribution is 0.0669. The van der Waals surface area contributed by atoms with Crippen LogP contribution in [-0.2, 0) is 11.0 Å². The molecule has 1 aliphatic heterocycles. The Kier molecular flexibility index (Phi) is 5.09. The second-order valence-corrected chi connectivity index (χ2v) is 7.49. The van der Waals surface area contributed by atoms with E-state index in [4.69, 9.17) is 5.21 Å². The van der Waals surface area contributed by atoms with E-state index in [-0.39, 0.29) is 5.91 Å². The summed E-state index contributed by atoms with van der Waals surface area (Å²) >= 11 is 4.37. The fourth-order valence-corrected chi connectivity index (χ4v) is 4.61. The van der Waals surface area contributed by atoms with Crippen molar-refractivity contribution in [2.45, 2.75) is 4.21 Å². The molecule has 0 bridgehead atoms. The van der Waals surface area contributed by atoms with E-state index in [2.05, 4.69) is 20.8 Å². The predicted octanol–water partition coefficient (Wildman–Crippen LogP) is 0.900. The van der Waals surface area contributed by atoms with Crippen molar-refractivity contribution in [2.24, 2.45) is 0 Å². The Labute approximate surface area is 126 Å². The minimum Gasteiger partial charge on any atom is -0.335 e. The van der Waals surface area contributed by atoms with E-state index < -0.39 is 11.0 Å². The van der Waals surface area contributed by atoms with Crippen LogP contribution in [0.5, 0.6) is 0 Å². The van der Waals surface area contributed by atoms with Crippen LogP contribution in [0.2, 0.25) is 0 Å². The average Bonchev–Trinajstić information content (AvgIpc) is 2.80. The molecule has 2 N–H and O–H groups in total. The molecule has 1 aliphatic rings. The van der Waals surface area contributed by atoms with Crippen molar-refractivity contribution in [1.82, 2.24) is 14.7 Å². The van der Waals surface area contributed by atoms with Crippen LogP contribution in [0.25, 0.3) is 0 Å². The van der Waals surface area contributed by atoms with Gasteiger partial charge in [-0.25, -0.2) is 4.21 Å². The van der Waals surface area contributed by atoms with E-state index in [9.17, 15) is 9.00 Å². The van der Waals surface area contributed by atoms with Gasteiger partial charge in [-0.15, -0.1) is 16.2 Å². The summed E-state index contributed by atoms with van der Waals surface area (Å²) in [6, 6.07) is 1.65. The highest BCUT2D eigenvalue weighted by Gasteiger charge is 2.24. The number of rotatable bonds is 3. The lowest BCUT2D eigenvalue weighted by atomic mass is 10.3. The minimum atomic E-state index is -1.71. The molecule has 0 aliphatic carbocycles. The summed E-state index contributed by atoms with van der Waals surface area (Å²) in [6.07, 6.45) is 0. The van der Waals surface area contributed by atoms with Gasteiger partial charge in [0, 0.05) is 30.7 Å². The zero-order valence-electron chi connectivity index (χ0n) is 10.3. The van der Waals surface area contributed by atoms with Gasteiger partial charge in [-0.3, -0.25) is 4.79 Å². The number of hydrogen-bond acceptors (Lipinski definition) is 5. The van der Waals surface area contributed by atoms with E-state index in [0.29, 0.717) is 26.6 Å². The summed E-state index contributed by atoms with van der Waals surface area (Å²) < 4.78 is 12.5. The number of carbonyl (C=O) groups is 1. The van der Waals surface area contributed by atoms with Crippen LogP contribution < -0.4 is 4.89 Å². The van der Waals surface area contributed by atoms with Gasteiger partial charge in [0.1, 0.15) is 4.21 Å². The molecule has 19 heavy (non-hydrogen) atoms. The summed E-state index contributed by atoms with van der Waals surface area (Å²) in [5, 5.41) is 8.67. The Bertz CT molecular complexity index is 500. The fourth-order valence-electron chi connectivity index (χ4n) is 1.79. The summed E-state index contributed by atoms with van der Waals surface area (Å²) in [5.41, 5.74) is 0. The van der Waals surface area contributed by atoms with Crippen LogP contribution in [-0.4, -0.2) is 58.3 Å². The molecule has 1 amide bonds. The maximum atomic E-state index is 12.3. The highest BCUT2D eigenvalue weighted by atomic mass is 79.9. The summed E-state index contributed by atoms with van der Waals surface area (Å²) in [6.45, 7) is 3.10. The Morgan fingerprint density at radius 1 is 1.47 bits per heavy atom. The Hall–Kier alpha value is -0.320. The lowest BCUT2D eigenvalue weighted by Gasteiger charge is -2.32. The molecule has 9 heteroatoms. The zero-order valence-corrected chi connectivity index (χ0v) is 13.5. The molecule has 1 unspecified atom stereocenters. The number of nitrogens with zero attached hydrogens (tertiary/aromatic N) is 2. The number of carbonyl (C=O) groups excluding carboxylic acids is 1. The van der Waals surface area contributed by atoms with Crippen molar-refractivity contribution in [3.05, 3.63) is 15.4 Å². The van der Waals surface area contributed by atoms with Gasteiger partial charge in [0.15, 0.2) is 11.0 Å². The molecule has 0 radical (unpaired) electrons. The van der Waals surface area contributed by atoms with Crippen molar-refractivity contribution in [2.75, 3.05) is 33.2 Å². The highest BCUT2D eigenvalue weighted by molar-refractivity contribution is 9.10. The molecule has 106 valence electrons. The van der Waals surface area contributed by atoms with E-state index >= 15 is 0 Å². The number of likely N-dealkylation sites (N-methyl/N-ethyl adjacent to an activating group) is 1. The average molecular weight is 368 g/mol. The first-order valence-corrected chi connectivity index (χ1v) is 8.37. The molecular formula is C10H14BrN3O3S2. The van der Waals surface area contributed by atoms with Crippen molar-refractivity contribution >= 4 is 44.2 Å². The fraction of sp³-hybridized carbons (Fsp3) is 0.500. The van der Waals surface area contributed by atoms with Crippen LogP contribution in [0.15, 0.2) is 14.7 Å². The number of amides is 1. The Morgan fingerprint density at radius 3 is 2.68 bits per heavy atom. The molecule has 6 nitrogen and oxygen atoms in total. The maximum Gasteiger partial charge on any atom is 0.264 e. The molecular weight excluding hydrogens is 354 g/mol. The zero-order chi connectivity index (χ0) is 14.0. The summed E-state index contributed by atoms with van der Waals surface area (Å²) in [5.74, 6) is -0.0556. The largest absolute Gasteiger partial charge is 0.335 e. The van der Waals surface area contributed by atoms with Crippen LogP contribution in [0.4, 0.5) is 0 Å². The van der Waals surface area contributed by atoms with Gasteiger partial charge in [0.25, 0.3) is 5.91 Å². The van der Waals surface area contributed by atoms with Gasteiger partial charge >= 0.3 is 0 Å². The third-order valence-electron chi connectivity index (χ3n) is 2.91. The van der Waals surface area contributed by atoms with Crippen LogP contribution in [0, 0.1) is 0 Å². The topological polar surface area (TPSA) is 72.9 Å². The SMILES string of the molecule is CN1CCN(C(=O)c2cc(Br)c(S(=O)NO)s2)CC1. The molecule has 0 aromatic carbocycles. The van der Waals surface area contributed by atoms with Crippen LogP contribution >= 0.6 is 27.3 Å². The smallest absolute Gasteiger partial charge is 0.264 e. The van der Waals surface area contributed by atoms with Gasteiger partial charge in [0.2, 0.25) is 0 Å². The molecule has 0 spiro atoms. The minimum absolute atomic E-state index is 0.0556. The third-order valence-corrected chi connectivity index (χ3v) is 6.40. The van der Waals surface area contributed by atoms with Crippen molar-refractivity contribution < 1.29 is 14.2 Å².